The lowest BCUT2D eigenvalue weighted by Gasteiger charge is -2.30. The first-order valence-corrected chi connectivity index (χ1v) is 10.2. The number of aromatic nitrogens is 2. The van der Waals surface area contributed by atoms with Crippen LogP contribution in [-0.2, 0) is 0 Å². The van der Waals surface area contributed by atoms with Crippen LogP contribution in [0.25, 0.3) is 10.8 Å². The number of hydrogen-bond acceptors (Lipinski definition) is 7. The molecule has 0 radical (unpaired) electrons. The van der Waals surface area contributed by atoms with Crippen molar-refractivity contribution in [1.82, 2.24) is 9.97 Å². The molecule has 0 bridgehead atoms. The average molecular weight is 424 g/mol. The van der Waals surface area contributed by atoms with E-state index in [4.69, 9.17) is 16.2 Å². The summed E-state index contributed by atoms with van der Waals surface area (Å²) in [5.74, 6) is -0.701. The van der Waals surface area contributed by atoms with Gasteiger partial charge >= 0.3 is 0 Å². The zero-order valence-electron chi connectivity index (χ0n) is 17.2. The number of anilines is 3. The minimum Gasteiger partial charge on any atom is -0.481 e. The summed E-state index contributed by atoms with van der Waals surface area (Å²) in [6.45, 7) is 0. The van der Waals surface area contributed by atoms with E-state index in [0.29, 0.717) is 11.6 Å². The number of benzene rings is 1. The number of hydrogen-bond donors (Lipinski definition) is 4. The van der Waals surface area contributed by atoms with Crippen LogP contribution in [0.3, 0.4) is 0 Å². The highest BCUT2D eigenvalue weighted by Crippen LogP contribution is 2.29. The van der Waals surface area contributed by atoms with E-state index in [1.165, 1.54) is 0 Å². The largest absolute Gasteiger partial charge is 0.481 e. The normalized spacial score (nSPS) is 18.5. The van der Waals surface area contributed by atoms with Gasteiger partial charge in [0.2, 0.25) is 5.88 Å². The van der Waals surface area contributed by atoms with Crippen LogP contribution in [0.2, 0.25) is 0 Å². The van der Waals surface area contributed by atoms with Crippen LogP contribution in [0.1, 0.15) is 36.0 Å². The summed E-state index contributed by atoms with van der Waals surface area (Å²) in [4.78, 5) is 20.4. The standard InChI is InChI=1S/C22H25FN6O2/c1-31-22-14-7-6-13(10-12(14)8-9-26-22)27-20-15(19(25)30)11-16(23)21(29-20)28-18-5-3-2-4-17(18)24/h6-11,17-18H,2-5,24H2,1H3,(H2,25,30)(H2,27,28,29)/t17?,18-/m1/s1. The number of halogens is 1. The molecule has 8 nitrogen and oxygen atoms in total. The molecule has 1 amide bonds. The number of amides is 1. The number of rotatable bonds is 6. The fourth-order valence-corrected chi connectivity index (χ4v) is 3.91. The summed E-state index contributed by atoms with van der Waals surface area (Å²) in [5, 5.41) is 7.92. The Hall–Kier alpha value is -3.46. The Morgan fingerprint density at radius 1 is 1.19 bits per heavy atom. The van der Waals surface area contributed by atoms with Crippen molar-refractivity contribution in [2.24, 2.45) is 11.5 Å². The second-order valence-electron chi connectivity index (χ2n) is 7.66. The summed E-state index contributed by atoms with van der Waals surface area (Å²) >= 11 is 0. The quantitative estimate of drug-likeness (QED) is 0.478. The monoisotopic (exact) mass is 424 g/mol. The number of methoxy groups -OCH3 is 1. The Balaban J connectivity index is 1.67. The zero-order valence-corrected chi connectivity index (χ0v) is 17.2. The molecule has 1 unspecified atom stereocenters. The minimum absolute atomic E-state index is 0.0385. The van der Waals surface area contributed by atoms with Crippen LogP contribution < -0.4 is 26.8 Å². The van der Waals surface area contributed by atoms with Gasteiger partial charge in [-0.1, -0.05) is 12.8 Å². The third kappa shape index (κ3) is 4.36. The number of primary amides is 1. The molecule has 1 saturated carbocycles. The molecule has 9 heteroatoms. The molecule has 1 fully saturated rings. The lowest BCUT2D eigenvalue weighted by molar-refractivity contribution is 0.100. The van der Waals surface area contributed by atoms with Crippen molar-refractivity contribution in [3.8, 4) is 5.88 Å². The van der Waals surface area contributed by atoms with E-state index in [1.807, 2.05) is 18.2 Å². The second-order valence-corrected chi connectivity index (χ2v) is 7.66. The van der Waals surface area contributed by atoms with Crippen molar-refractivity contribution in [2.45, 2.75) is 37.8 Å². The summed E-state index contributed by atoms with van der Waals surface area (Å²) in [5.41, 5.74) is 12.3. The number of ether oxygens (including phenoxy) is 1. The van der Waals surface area contributed by atoms with Crippen LogP contribution in [0.15, 0.2) is 36.5 Å². The molecule has 0 saturated heterocycles. The van der Waals surface area contributed by atoms with Gasteiger partial charge in [0, 0.05) is 29.4 Å². The van der Waals surface area contributed by atoms with E-state index >= 15 is 0 Å². The van der Waals surface area contributed by atoms with Gasteiger partial charge < -0.3 is 26.8 Å². The summed E-state index contributed by atoms with van der Waals surface area (Å²) in [7, 11) is 1.56. The van der Waals surface area contributed by atoms with Crippen LogP contribution in [0, 0.1) is 5.82 Å². The third-order valence-electron chi connectivity index (χ3n) is 5.57. The van der Waals surface area contributed by atoms with Gasteiger partial charge in [-0.3, -0.25) is 4.79 Å². The smallest absolute Gasteiger partial charge is 0.252 e. The Labute approximate surface area is 179 Å². The SMILES string of the molecule is COc1nccc2cc(Nc3nc(N[C@@H]4CCCCC4N)c(F)cc3C(N)=O)ccc12. The topological polar surface area (TPSA) is 128 Å². The molecular formula is C22H25FN6O2. The molecule has 162 valence electrons. The van der Waals surface area contributed by atoms with Crippen molar-refractivity contribution in [3.63, 3.8) is 0 Å². The van der Waals surface area contributed by atoms with Gasteiger partial charge in [-0.05, 0) is 48.6 Å². The van der Waals surface area contributed by atoms with Gasteiger partial charge in [-0.15, -0.1) is 0 Å². The number of fused-ring (bicyclic) bond motifs is 1. The Morgan fingerprint density at radius 3 is 2.74 bits per heavy atom. The summed E-state index contributed by atoms with van der Waals surface area (Å²) in [6, 6.07) is 8.29. The summed E-state index contributed by atoms with van der Waals surface area (Å²) in [6.07, 6.45) is 5.44. The number of nitrogens with two attached hydrogens (primary N) is 2. The zero-order chi connectivity index (χ0) is 22.0. The van der Waals surface area contributed by atoms with Crippen molar-refractivity contribution in [1.29, 1.82) is 0 Å². The predicted molar refractivity (Wildman–Crippen MR) is 118 cm³/mol. The third-order valence-corrected chi connectivity index (χ3v) is 5.57. The number of carbonyl (C=O) groups excluding carboxylic acids is 1. The number of nitrogens with zero attached hydrogens (tertiary/aromatic N) is 2. The first-order valence-electron chi connectivity index (χ1n) is 10.2. The van der Waals surface area contributed by atoms with E-state index in [0.717, 1.165) is 42.5 Å². The van der Waals surface area contributed by atoms with Gasteiger partial charge in [0.25, 0.3) is 5.91 Å². The molecular weight excluding hydrogens is 399 g/mol. The fraction of sp³-hybridized carbons (Fsp3) is 0.318. The molecule has 31 heavy (non-hydrogen) atoms. The molecule has 0 aliphatic heterocycles. The van der Waals surface area contributed by atoms with Gasteiger partial charge in [0.05, 0.1) is 12.7 Å². The van der Waals surface area contributed by atoms with Crippen LogP contribution in [0.5, 0.6) is 5.88 Å². The molecule has 4 rings (SSSR count). The van der Waals surface area contributed by atoms with Gasteiger partial charge in [0.1, 0.15) is 5.82 Å². The van der Waals surface area contributed by atoms with Crippen LogP contribution in [-0.4, -0.2) is 35.1 Å². The average Bonchev–Trinajstić information content (AvgIpc) is 2.76. The van der Waals surface area contributed by atoms with Gasteiger partial charge in [-0.2, -0.15) is 0 Å². The fourth-order valence-electron chi connectivity index (χ4n) is 3.91. The van der Waals surface area contributed by atoms with Crippen molar-refractivity contribution in [2.75, 3.05) is 17.7 Å². The molecule has 6 N–H and O–H groups in total. The molecule has 3 aromatic rings. The minimum atomic E-state index is -0.776. The highest BCUT2D eigenvalue weighted by Gasteiger charge is 2.24. The highest BCUT2D eigenvalue weighted by molar-refractivity contribution is 5.99. The maximum absolute atomic E-state index is 14.7. The van der Waals surface area contributed by atoms with Crippen molar-refractivity contribution in [3.05, 3.63) is 47.9 Å². The maximum atomic E-state index is 14.7. The number of carbonyl (C=O) groups is 1. The summed E-state index contributed by atoms with van der Waals surface area (Å²) < 4.78 is 20.0. The number of pyridine rings is 2. The first-order chi connectivity index (χ1) is 15.0. The highest BCUT2D eigenvalue weighted by atomic mass is 19.1. The van der Waals surface area contributed by atoms with Gasteiger partial charge in [0.15, 0.2) is 11.6 Å². The molecule has 2 heterocycles. The Morgan fingerprint density at radius 2 is 2.00 bits per heavy atom. The second kappa shape index (κ2) is 8.73. The van der Waals surface area contributed by atoms with E-state index < -0.39 is 11.7 Å². The number of nitrogens with one attached hydrogen (secondary N) is 2. The first kappa shape index (κ1) is 20.8. The maximum Gasteiger partial charge on any atom is 0.252 e. The van der Waals surface area contributed by atoms with E-state index in [9.17, 15) is 9.18 Å². The van der Waals surface area contributed by atoms with E-state index in [1.54, 1.807) is 19.4 Å². The van der Waals surface area contributed by atoms with Gasteiger partial charge in [-0.25, -0.2) is 14.4 Å². The molecule has 1 aliphatic rings. The predicted octanol–water partition coefficient (Wildman–Crippen LogP) is 3.30. The molecule has 1 aromatic carbocycles. The van der Waals surface area contributed by atoms with Crippen molar-refractivity contribution >= 4 is 34.0 Å². The molecule has 1 aliphatic carbocycles. The Bertz CT molecular complexity index is 1120. The Kier molecular flexibility index (Phi) is 5.85. The van der Waals surface area contributed by atoms with E-state index in [2.05, 4.69) is 20.6 Å². The molecule has 0 spiro atoms. The lowest BCUT2D eigenvalue weighted by Crippen LogP contribution is -2.43. The van der Waals surface area contributed by atoms with Crippen LogP contribution in [0.4, 0.5) is 21.7 Å². The van der Waals surface area contributed by atoms with Crippen molar-refractivity contribution < 1.29 is 13.9 Å². The molecule has 2 aromatic heterocycles. The molecule has 2 atom stereocenters. The lowest BCUT2D eigenvalue weighted by atomic mass is 9.91. The van der Waals surface area contributed by atoms with E-state index in [-0.39, 0.29) is 29.3 Å². The van der Waals surface area contributed by atoms with Crippen LogP contribution >= 0.6 is 0 Å².